The number of benzene rings is 1. The topological polar surface area (TPSA) is 106 Å². The zero-order valence-corrected chi connectivity index (χ0v) is 21.3. The Hall–Kier alpha value is -2.23. The van der Waals surface area contributed by atoms with Gasteiger partial charge in [0.1, 0.15) is 5.75 Å². The quantitative estimate of drug-likeness (QED) is 0.559. The van der Waals surface area contributed by atoms with Gasteiger partial charge < -0.3 is 35.1 Å². The van der Waals surface area contributed by atoms with Gasteiger partial charge in [-0.15, -0.1) is 0 Å². The molecule has 0 bridgehead atoms. The molecule has 2 aliphatic rings. The van der Waals surface area contributed by atoms with E-state index in [1.807, 2.05) is 13.8 Å². The van der Waals surface area contributed by atoms with Gasteiger partial charge in [0, 0.05) is 45.9 Å². The van der Waals surface area contributed by atoms with Crippen LogP contribution in [0.25, 0.3) is 0 Å². The molecular weight excluding hydrogens is 460 g/mol. The molecule has 0 aromatic heterocycles. The highest BCUT2D eigenvalue weighted by molar-refractivity contribution is 6.33. The van der Waals surface area contributed by atoms with Gasteiger partial charge in [0.05, 0.1) is 41.6 Å². The van der Waals surface area contributed by atoms with Crippen molar-refractivity contribution in [2.45, 2.75) is 51.4 Å². The van der Waals surface area contributed by atoms with Crippen LogP contribution in [-0.4, -0.2) is 87.0 Å². The van der Waals surface area contributed by atoms with Gasteiger partial charge in [-0.25, -0.2) is 4.79 Å². The number of anilines is 1. The third-order valence-corrected chi connectivity index (χ3v) is 6.88. The van der Waals surface area contributed by atoms with Crippen molar-refractivity contribution >= 4 is 29.3 Å². The summed E-state index contributed by atoms with van der Waals surface area (Å²) < 4.78 is 16.4. The maximum atomic E-state index is 13.0. The Kier molecular flexibility index (Phi) is 9.27. The maximum Gasteiger partial charge on any atom is 0.410 e. The lowest BCUT2D eigenvalue weighted by molar-refractivity contribution is -0.00181. The number of nitrogens with two attached hydrogens (primary N) is 1. The molecule has 2 heterocycles. The van der Waals surface area contributed by atoms with E-state index >= 15 is 0 Å². The van der Waals surface area contributed by atoms with Crippen molar-refractivity contribution in [1.29, 1.82) is 0 Å². The Bertz CT molecular complexity index is 860. The minimum atomic E-state index is -0.264. The normalized spacial score (nSPS) is 22.0. The third-order valence-electron chi connectivity index (χ3n) is 6.55. The first kappa shape index (κ1) is 26.4. The Morgan fingerprint density at radius 2 is 1.88 bits per heavy atom. The number of nitrogens with one attached hydrogen (secondary N) is 1. The van der Waals surface area contributed by atoms with Crippen molar-refractivity contribution < 1.29 is 23.8 Å². The molecule has 2 atom stereocenters. The number of carbonyl (C=O) groups excluding carboxylic acids is 2. The average molecular weight is 497 g/mol. The Morgan fingerprint density at radius 1 is 1.18 bits per heavy atom. The number of halogens is 1. The predicted molar refractivity (Wildman–Crippen MR) is 131 cm³/mol. The zero-order valence-electron chi connectivity index (χ0n) is 20.5. The van der Waals surface area contributed by atoms with Crippen LogP contribution in [0.3, 0.4) is 0 Å². The van der Waals surface area contributed by atoms with Crippen LogP contribution in [0.4, 0.5) is 10.5 Å². The van der Waals surface area contributed by atoms with E-state index in [-0.39, 0.29) is 30.3 Å². The molecule has 1 aromatic carbocycles. The van der Waals surface area contributed by atoms with Crippen molar-refractivity contribution in [3.05, 3.63) is 22.7 Å². The summed E-state index contributed by atoms with van der Waals surface area (Å²) in [5, 5.41) is 3.40. The molecule has 2 saturated heterocycles. The Labute approximate surface area is 206 Å². The average Bonchev–Trinajstić information content (AvgIpc) is 2.81. The van der Waals surface area contributed by atoms with Crippen LogP contribution < -0.4 is 15.8 Å². The molecule has 2 aliphatic heterocycles. The van der Waals surface area contributed by atoms with Crippen molar-refractivity contribution in [2.24, 2.45) is 5.92 Å². The van der Waals surface area contributed by atoms with Crippen LogP contribution in [0, 0.1) is 5.92 Å². The SMILES string of the molecule is COc1cc(N)c(Cl)cc1C(=O)N[C@@H]1CCN(CC2CCN(C(=O)OC(C)C)CC2)C[C@@H]1OC. The Morgan fingerprint density at radius 3 is 2.50 bits per heavy atom. The fraction of sp³-hybridized carbons (Fsp3) is 0.667. The highest BCUT2D eigenvalue weighted by atomic mass is 35.5. The highest BCUT2D eigenvalue weighted by Crippen LogP contribution is 2.29. The molecule has 34 heavy (non-hydrogen) atoms. The highest BCUT2D eigenvalue weighted by Gasteiger charge is 2.33. The molecular formula is C24H37ClN4O5. The number of carbonyl (C=O) groups is 2. The summed E-state index contributed by atoms with van der Waals surface area (Å²) in [5.74, 6) is 0.641. The van der Waals surface area contributed by atoms with Gasteiger partial charge >= 0.3 is 6.09 Å². The van der Waals surface area contributed by atoms with E-state index in [1.165, 1.54) is 13.2 Å². The van der Waals surface area contributed by atoms with Gasteiger partial charge in [-0.2, -0.15) is 0 Å². The van der Waals surface area contributed by atoms with E-state index < -0.39 is 0 Å². The molecule has 190 valence electrons. The van der Waals surface area contributed by atoms with Crippen molar-refractivity contribution in [3.8, 4) is 5.75 Å². The monoisotopic (exact) mass is 496 g/mol. The molecule has 0 saturated carbocycles. The number of piperidine rings is 2. The van der Waals surface area contributed by atoms with Crippen LogP contribution in [0.2, 0.25) is 5.02 Å². The molecule has 1 aromatic rings. The molecule has 0 unspecified atom stereocenters. The maximum absolute atomic E-state index is 13.0. The van der Waals surface area contributed by atoms with Crippen molar-refractivity contribution in [3.63, 3.8) is 0 Å². The van der Waals surface area contributed by atoms with Crippen LogP contribution in [0.5, 0.6) is 5.75 Å². The van der Waals surface area contributed by atoms with E-state index in [4.69, 9.17) is 31.5 Å². The van der Waals surface area contributed by atoms with E-state index in [9.17, 15) is 9.59 Å². The largest absolute Gasteiger partial charge is 0.496 e. The number of ether oxygens (including phenoxy) is 3. The van der Waals surface area contributed by atoms with E-state index in [0.29, 0.717) is 27.9 Å². The van der Waals surface area contributed by atoms with Crippen molar-refractivity contribution in [1.82, 2.24) is 15.1 Å². The first-order valence-corrected chi connectivity index (χ1v) is 12.2. The van der Waals surface area contributed by atoms with Gasteiger partial charge in [0.2, 0.25) is 0 Å². The number of nitrogen functional groups attached to an aromatic ring is 1. The minimum absolute atomic E-state index is 0.101. The molecule has 2 fully saturated rings. The number of amides is 2. The molecule has 0 radical (unpaired) electrons. The Balaban J connectivity index is 1.51. The minimum Gasteiger partial charge on any atom is -0.496 e. The summed E-state index contributed by atoms with van der Waals surface area (Å²) in [7, 11) is 3.17. The van der Waals surface area contributed by atoms with Crippen molar-refractivity contribution in [2.75, 3.05) is 52.7 Å². The number of rotatable bonds is 7. The lowest BCUT2D eigenvalue weighted by atomic mass is 9.94. The second-order valence-corrected chi connectivity index (χ2v) is 9.75. The van der Waals surface area contributed by atoms with Gasteiger partial charge in [-0.1, -0.05) is 11.6 Å². The summed E-state index contributed by atoms with van der Waals surface area (Å²) in [6, 6.07) is 2.97. The first-order valence-electron chi connectivity index (χ1n) is 11.9. The summed E-state index contributed by atoms with van der Waals surface area (Å²) in [6.07, 6.45) is 2.24. The van der Waals surface area contributed by atoms with E-state index in [2.05, 4.69) is 10.2 Å². The van der Waals surface area contributed by atoms with E-state index in [1.54, 1.807) is 18.1 Å². The molecule has 10 heteroatoms. The van der Waals surface area contributed by atoms with Gasteiger partial charge in [0.15, 0.2) is 0 Å². The first-order chi connectivity index (χ1) is 16.2. The predicted octanol–water partition coefficient (Wildman–Crippen LogP) is 3.01. The standard InChI is InChI=1S/C24H37ClN4O5/c1-15(2)34-24(31)29-9-5-16(6-10-29)13-28-8-7-20(22(14-28)33-4)27-23(30)17-11-18(25)19(26)12-21(17)32-3/h11-12,15-16,20,22H,5-10,13-14,26H2,1-4H3,(H,27,30)/t20-,22+/m1/s1. The van der Waals surface area contributed by atoms with Crippen LogP contribution >= 0.6 is 11.6 Å². The fourth-order valence-electron chi connectivity index (χ4n) is 4.65. The van der Waals surface area contributed by atoms with Gasteiger partial charge in [0.25, 0.3) is 5.91 Å². The lowest BCUT2D eigenvalue weighted by Gasteiger charge is -2.41. The third kappa shape index (κ3) is 6.67. The van der Waals surface area contributed by atoms with Crippen LogP contribution in [-0.2, 0) is 9.47 Å². The van der Waals surface area contributed by atoms with Gasteiger partial charge in [-0.05, 0) is 45.1 Å². The number of likely N-dealkylation sites (tertiary alicyclic amines) is 2. The molecule has 3 N–H and O–H groups in total. The summed E-state index contributed by atoms with van der Waals surface area (Å²) in [5.41, 5.74) is 6.54. The lowest BCUT2D eigenvalue weighted by Crippen LogP contribution is -2.55. The second-order valence-electron chi connectivity index (χ2n) is 9.34. The second kappa shape index (κ2) is 12.0. The number of methoxy groups -OCH3 is 2. The van der Waals surface area contributed by atoms with Crippen LogP contribution in [0.15, 0.2) is 12.1 Å². The number of hydrogen-bond acceptors (Lipinski definition) is 7. The summed E-state index contributed by atoms with van der Waals surface area (Å²) in [6.45, 7) is 7.73. The van der Waals surface area contributed by atoms with Gasteiger partial charge in [-0.3, -0.25) is 4.79 Å². The zero-order chi connectivity index (χ0) is 24.8. The molecule has 3 rings (SSSR count). The van der Waals surface area contributed by atoms with E-state index in [0.717, 1.165) is 52.0 Å². The molecule has 9 nitrogen and oxygen atoms in total. The molecule has 0 spiro atoms. The number of hydrogen-bond donors (Lipinski definition) is 2. The number of nitrogens with zero attached hydrogens (tertiary/aromatic N) is 2. The summed E-state index contributed by atoms with van der Waals surface area (Å²) in [4.78, 5) is 29.3. The smallest absolute Gasteiger partial charge is 0.410 e. The summed E-state index contributed by atoms with van der Waals surface area (Å²) >= 11 is 6.13. The molecule has 0 aliphatic carbocycles. The fourth-order valence-corrected chi connectivity index (χ4v) is 4.81. The van der Waals surface area contributed by atoms with Crippen LogP contribution in [0.1, 0.15) is 43.5 Å². The molecule has 2 amide bonds.